The van der Waals surface area contributed by atoms with Crippen LogP contribution in [0.3, 0.4) is 0 Å². The van der Waals surface area contributed by atoms with Gasteiger partial charge in [0.25, 0.3) is 0 Å². The molecule has 0 aliphatic rings. The van der Waals surface area contributed by atoms with Crippen molar-refractivity contribution in [3.8, 4) is 0 Å². The lowest BCUT2D eigenvalue weighted by molar-refractivity contribution is -0.140. The topological polar surface area (TPSA) is 35.5 Å². The fourth-order valence-electron chi connectivity index (χ4n) is 1.30. The molecule has 3 heteroatoms. The molecule has 3 nitrogen and oxygen atoms in total. The maximum atomic E-state index is 10.1. The number of aldehydes is 1. The fraction of sp³-hybridized carbons (Fsp3) is 0.889. The van der Waals surface area contributed by atoms with Crippen LogP contribution in [0.4, 0.5) is 0 Å². The summed E-state index contributed by atoms with van der Waals surface area (Å²) in [4.78, 5) is 10.1. The molecule has 0 saturated heterocycles. The zero-order chi connectivity index (χ0) is 9.40. The van der Waals surface area contributed by atoms with E-state index in [1.165, 1.54) is 0 Å². The van der Waals surface area contributed by atoms with E-state index in [1.54, 1.807) is 14.2 Å². The van der Waals surface area contributed by atoms with Crippen molar-refractivity contribution in [2.75, 3.05) is 14.2 Å². The SMILES string of the molecule is CCC(CCC=O)C(OC)OC. The van der Waals surface area contributed by atoms with E-state index in [9.17, 15) is 4.79 Å². The van der Waals surface area contributed by atoms with Crippen molar-refractivity contribution >= 4 is 6.29 Å². The summed E-state index contributed by atoms with van der Waals surface area (Å²) in [5.41, 5.74) is 0. The van der Waals surface area contributed by atoms with E-state index in [2.05, 4.69) is 6.92 Å². The second kappa shape index (κ2) is 7.25. The molecule has 0 aromatic rings. The van der Waals surface area contributed by atoms with Gasteiger partial charge in [-0.15, -0.1) is 0 Å². The lowest BCUT2D eigenvalue weighted by Crippen LogP contribution is -2.24. The lowest BCUT2D eigenvalue weighted by Gasteiger charge is -2.22. The predicted octanol–water partition coefficient (Wildman–Crippen LogP) is 1.61. The van der Waals surface area contributed by atoms with E-state index in [-0.39, 0.29) is 6.29 Å². The molecule has 0 aromatic heterocycles. The van der Waals surface area contributed by atoms with E-state index < -0.39 is 0 Å². The van der Waals surface area contributed by atoms with Gasteiger partial charge < -0.3 is 14.3 Å². The third-order valence-corrected chi connectivity index (χ3v) is 2.03. The van der Waals surface area contributed by atoms with E-state index >= 15 is 0 Å². The third-order valence-electron chi connectivity index (χ3n) is 2.03. The van der Waals surface area contributed by atoms with Crippen LogP contribution in [-0.2, 0) is 14.3 Å². The van der Waals surface area contributed by atoms with Crippen LogP contribution in [0, 0.1) is 5.92 Å². The monoisotopic (exact) mass is 174 g/mol. The van der Waals surface area contributed by atoms with Crippen molar-refractivity contribution in [3.05, 3.63) is 0 Å². The molecule has 0 rings (SSSR count). The predicted molar refractivity (Wildman–Crippen MR) is 46.9 cm³/mol. The Kier molecular flexibility index (Phi) is 7.00. The summed E-state index contributed by atoms with van der Waals surface area (Å²) < 4.78 is 10.2. The molecular formula is C9H18O3. The van der Waals surface area contributed by atoms with Crippen molar-refractivity contribution in [1.29, 1.82) is 0 Å². The first-order valence-corrected chi connectivity index (χ1v) is 4.29. The van der Waals surface area contributed by atoms with Crippen molar-refractivity contribution in [1.82, 2.24) is 0 Å². The fourth-order valence-corrected chi connectivity index (χ4v) is 1.30. The van der Waals surface area contributed by atoms with Crippen LogP contribution in [0.25, 0.3) is 0 Å². The Balaban J connectivity index is 3.83. The first-order chi connectivity index (χ1) is 5.79. The summed E-state index contributed by atoms with van der Waals surface area (Å²) >= 11 is 0. The highest BCUT2D eigenvalue weighted by molar-refractivity contribution is 5.49. The van der Waals surface area contributed by atoms with Crippen LogP contribution in [0.2, 0.25) is 0 Å². The lowest BCUT2D eigenvalue weighted by atomic mass is 10.0. The van der Waals surface area contributed by atoms with Crippen molar-refractivity contribution < 1.29 is 14.3 Å². The normalized spacial score (nSPS) is 13.3. The number of carbonyl (C=O) groups excluding carboxylic acids is 1. The molecule has 0 aliphatic heterocycles. The van der Waals surface area contributed by atoms with Crippen molar-refractivity contribution in [3.63, 3.8) is 0 Å². The maximum Gasteiger partial charge on any atom is 0.159 e. The zero-order valence-electron chi connectivity index (χ0n) is 8.08. The molecule has 1 atom stereocenters. The standard InChI is InChI=1S/C9H18O3/c1-4-8(6-5-7-10)9(11-2)12-3/h7-9H,4-6H2,1-3H3. The van der Waals surface area contributed by atoms with Gasteiger partial charge in [0, 0.05) is 26.6 Å². The molecule has 0 bridgehead atoms. The molecular weight excluding hydrogens is 156 g/mol. The van der Waals surface area contributed by atoms with Gasteiger partial charge in [0.1, 0.15) is 6.29 Å². The zero-order valence-corrected chi connectivity index (χ0v) is 8.08. The minimum atomic E-state index is -0.171. The number of hydrogen-bond acceptors (Lipinski definition) is 3. The molecule has 0 amide bonds. The average molecular weight is 174 g/mol. The van der Waals surface area contributed by atoms with Gasteiger partial charge >= 0.3 is 0 Å². The van der Waals surface area contributed by atoms with Gasteiger partial charge in [-0.3, -0.25) is 0 Å². The highest BCUT2D eigenvalue weighted by Crippen LogP contribution is 2.17. The van der Waals surface area contributed by atoms with Gasteiger partial charge in [-0.25, -0.2) is 0 Å². The molecule has 0 heterocycles. The largest absolute Gasteiger partial charge is 0.356 e. The molecule has 1 unspecified atom stereocenters. The molecule has 0 aromatic carbocycles. The van der Waals surface area contributed by atoms with Gasteiger partial charge in [0.2, 0.25) is 0 Å². The summed E-state index contributed by atoms with van der Waals surface area (Å²) in [6, 6.07) is 0. The van der Waals surface area contributed by atoms with E-state index in [4.69, 9.17) is 9.47 Å². The highest BCUT2D eigenvalue weighted by atomic mass is 16.7. The Morgan fingerprint density at radius 3 is 2.25 bits per heavy atom. The Morgan fingerprint density at radius 2 is 1.92 bits per heavy atom. The average Bonchev–Trinajstić information content (AvgIpc) is 2.12. The van der Waals surface area contributed by atoms with Gasteiger partial charge in [-0.1, -0.05) is 6.92 Å². The second-order valence-electron chi connectivity index (χ2n) is 2.75. The van der Waals surface area contributed by atoms with Crippen LogP contribution in [0.15, 0.2) is 0 Å². The van der Waals surface area contributed by atoms with Crippen LogP contribution in [-0.4, -0.2) is 26.8 Å². The Labute approximate surface area is 74.0 Å². The van der Waals surface area contributed by atoms with Crippen molar-refractivity contribution in [2.45, 2.75) is 32.5 Å². The minimum Gasteiger partial charge on any atom is -0.356 e. The first kappa shape index (κ1) is 11.6. The molecule has 0 fully saturated rings. The van der Waals surface area contributed by atoms with Gasteiger partial charge in [-0.05, 0) is 12.8 Å². The summed E-state index contributed by atoms with van der Waals surface area (Å²) in [5, 5.41) is 0. The van der Waals surface area contributed by atoms with Crippen LogP contribution < -0.4 is 0 Å². The molecule has 12 heavy (non-hydrogen) atoms. The maximum absolute atomic E-state index is 10.1. The highest BCUT2D eigenvalue weighted by Gasteiger charge is 2.17. The molecule has 0 saturated carbocycles. The molecule has 0 radical (unpaired) electrons. The summed E-state index contributed by atoms with van der Waals surface area (Å²) in [5.74, 6) is 0.324. The van der Waals surface area contributed by atoms with Gasteiger partial charge in [0.15, 0.2) is 6.29 Å². The van der Waals surface area contributed by atoms with Crippen molar-refractivity contribution in [2.24, 2.45) is 5.92 Å². The van der Waals surface area contributed by atoms with Gasteiger partial charge in [0.05, 0.1) is 0 Å². The summed E-state index contributed by atoms with van der Waals surface area (Å²) in [7, 11) is 3.25. The molecule has 0 aliphatic carbocycles. The number of carbonyl (C=O) groups is 1. The molecule has 0 spiro atoms. The number of ether oxygens (including phenoxy) is 2. The van der Waals surface area contributed by atoms with E-state index in [0.717, 1.165) is 19.1 Å². The van der Waals surface area contributed by atoms with Gasteiger partial charge in [-0.2, -0.15) is 0 Å². The Morgan fingerprint density at radius 1 is 1.33 bits per heavy atom. The van der Waals surface area contributed by atoms with E-state index in [1.807, 2.05) is 0 Å². The quantitative estimate of drug-likeness (QED) is 0.434. The van der Waals surface area contributed by atoms with Crippen LogP contribution in [0.1, 0.15) is 26.2 Å². The first-order valence-electron chi connectivity index (χ1n) is 4.29. The van der Waals surface area contributed by atoms with Crippen LogP contribution in [0.5, 0.6) is 0 Å². The number of hydrogen-bond donors (Lipinski definition) is 0. The molecule has 0 N–H and O–H groups in total. The Hall–Kier alpha value is -0.410. The Bertz CT molecular complexity index is 110. The smallest absolute Gasteiger partial charge is 0.159 e. The molecule has 72 valence electrons. The summed E-state index contributed by atoms with van der Waals surface area (Å²) in [6.45, 7) is 2.07. The third kappa shape index (κ3) is 3.83. The minimum absolute atomic E-state index is 0.171. The second-order valence-corrected chi connectivity index (χ2v) is 2.75. The number of rotatable bonds is 7. The summed E-state index contributed by atoms with van der Waals surface area (Å²) in [6.07, 6.45) is 3.16. The number of methoxy groups -OCH3 is 2. The van der Waals surface area contributed by atoms with Crippen LogP contribution >= 0.6 is 0 Å². The van der Waals surface area contributed by atoms with E-state index in [0.29, 0.717) is 12.3 Å².